The first-order valence-electron chi connectivity index (χ1n) is 6.33. The summed E-state index contributed by atoms with van der Waals surface area (Å²) in [4.78, 5) is 0. The molecule has 0 aliphatic heterocycles. The molecule has 0 heterocycles. The molecular formula is C16H18ClNO. The first kappa shape index (κ1) is 13.8. The molecule has 2 rings (SSSR count). The van der Waals surface area contributed by atoms with E-state index in [0.717, 1.165) is 12.2 Å². The lowest BCUT2D eigenvalue weighted by Crippen LogP contribution is -2.09. The molecule has 0 aliphatic rings. The van der Waals surface area contributed by atoms with Crippen LogP contribution in [0.5, 0.6) is 5.75 Å². The molecule has 0 amide bonds. The van der Waals surface area contributed by atoms with Gasteiger partial charge in [-0.3, -0.25) is 0 Å². The van der Waals surface area contributed by atoms with Crippen molar-refractivity contribution in [3.8, 4) is 5.75 Å². The average molecular weight is 276 g/mol. The standard InChI is InChI=1S/C16H18ClNO/c1-12(13-6-4-3-5-7-13)11-18-14-8-9-15(17)16(10-14)19-2/h3-10,12,18H,11H2,1-2H3. The predicted octanol–water partition coefficient (Wildman–Crippen LogP) is 4.56. The van der Waals surface area contributed by atoms with Gasteiger partial charge in [-0.05, 0) is 23.6 Å². The Morgan fingerprint density at radius 3 is 2.58 bits per heavy atom. The third-order valence-corrected chi connectivity index (χ3v) is 3.44. The summed E-state index contributed by atoms with van der Waals surface area (Å²) in [6.07, 6.45) is 0. The van der Waals surface area contributed by atoms with Crippen molar-refractivity contribution in [2.75, 3.05) is 19.0 Å². The van der Waals surface area contributed by atoms with E-state index in [4.69, 9.17) is 16.3 Å². The molecule has 0 spiro atoms. The van der Waals surface area contributed by atoms with Gasteiger partial charge in [-0.25, -0.2) is 0 Å². The fourth-order valence-electron chi connectivity index (χ4n) is 1.94. The fourth-order valence-corrected chi connectivity index (χ4v) is 2.13. The third kappa shape index (κ3) is 3.65. The zero-order chi connectivity index (χ0) is 13.7. The predicted molar refractivity (Wildman–Crippen MR) is 81.4 cm³/mol. The van der Waals surface area contributed by atoms with Gasteiger partial charge in [0.2, 0.25) is 0 Å². The largest absolute Gasteiger partial charge is 0.495 e. The van der Waals surface area contributed by atoms with Crippen LogP contribution in [0.4, 0.5) is 5.69 Å². The van der Waals surface area contributed by atoms with Gasteiger partial charge < -0.3 is 10.1 Å². The Labute approximate surface area is 119 Å². The molecule has 0 saturated carbocycles. The molecule has 100 valence electrons. The highest BCUT2D eigenvalue weighted by atomic mass is 35.5. The molecule has 0 radical (unpaired) electrons. The smallest absolute Gasteiger partial charge is 0.139 e. The summed E-state index contributed by atoms with van der Waals surface area (Å²) in [5.74, 6) is 1.14. The van der Waals surface area contributed by atoms with Crippen LogP contribution in [-0.2, 0) is 0 Å². The van der Waals surface area contributed by atoms with Crippen LogP contribution in [-0.4, -0.2) is 13.7 Å². The lowest BCUT2D eigenvalue weighted by atomic mass is 10.0. The van der Waals surface area contributed by atoms with Crippen molar-refractivity contribution in [2.45, 2.75) is 12.8 Å². The zero-order valence-corrected chi connectivity index (χ0v) is 11.9. The maximum absolute atomic E-state index is 6.00. The van der Waals surface area contributed by atoms with Crippen molar-refractivity contribution < 1.29 is 4.74 Å². The van der Waals surface area contributed by atoms with Crippen LogP contribution < -0.4 is 10.1 Å². The van der Waals surface area contributed by atoms with Crippen LogP contribution in [0, 0.1) is 0 Å². The third-order valence-electron chi connectivity index (χ3n) is 3.13. The van der Waals surface area contributed by atoms with Crippen LogP contribution in [0.15, 0.2) is 48.5 Å². The number of anilines is 1. The minimum Gasteiger partial charge on any atom is -0.495 e. The summed E-state index contributed by atoms with van der Waals surface area (Å²) in [6, 6.07) is 16.2. The maximum Gasteiger partial charge on any atom is 0.139 e. The van der Waals surface area contributed by atoms with E-state index in [0.29, 0.717) is 16.7 Å². The van der Waals surface area contributed by atoms with Gasteiger partial charge >= 0.3 is 0 Å². The zero-order valence-electron chi connectivity index (χ0n) is 11.2. The molecule has 2 nitrogen and oxygen atoms in total. The van der Waals surface area contributed by atoms with Crippen molar-refractivity contribution in [3.63, 3.8) is 0 Å². The van der Waals surface area contributed by atoms with E-state index in [1.165, 1.54) is 5.56 Å². The van der Waals surface area contributed by atoms with Gasteiger partial charge in [0.1, 0.15) is 5.75 Å². The Kier molecular flexibility index (Phi) is 4.69. The number of hydrogen-bond acceptors (Lipinski definition) is 2. The molecule has 0 aromatic heterocycles. The van der Waals surface area contributed by atoms with Crippen molar-refractivity contribution in [1.82, 2.24) is 0 Å². The maximum atomic E-state index is 6.00. The second-order valence-corrected chi connectivity index (χ2v) is 4.95. The Hall–Kier alpha value is -1.67. The number of halogens is 1. The van der Waals surface area contributed by atoms with Crippen LogP contribution in [0.1, 0.15) is 18.4 Å². The molecule has 2 aromatic rings. The van der Waals surface area contributed by atoms with E-state index < -0.39 is 0 Å². The van der Waals surface area contributed by atoms with E-state index in [1.54, 1.807) is 7.11 Å². The second-order valence-electron chi connectivity index (χ2n) is 4.54. The van der Waals surface area contributed by atoms with Gasteiger partial charge in [0, 0.05) is 18.3 Å². The van der Waals surface area contributed by atoms with Gasteiger partial charge in [-0.2, -0.15) is 0 Å². The van der Waals surface area contributed by atoms with Gasteiger partial charge in [0.25, 0.3) is 0 Å². The van der Waals surface area contributed by atoms with E-state index in [2.05, 4.69) is 36.5 Å². The number of ether oxygens (including phenoxy) is 1. The van der Waals surface area contributed by atoms with Gasteiger partial charge in [0.05, 0.1) is 12.1 Å². The minimum atomic E-state index is 0.447. The van der Waals surface area contributed by atoms with Crippen molar-refractivity contribution >= 4 is 17.3 Å². The monoisotopic (exact) mass is 275 g/mol. The quantitative estimate of drug-likeness (QED) is 0.863. The SMILES string of the molecule is COc1cc(NCC(C)c2ccccc2)ccc1Cl. The highest BCUT2D eigenvalue weighted by Crippen LogP contribution is 2.27. The Morgan fingerprint density at radius 1 is 1.16 bits per heavy atom. The Balaban J connectivity index is 1.99. The van der Waals surface area contributed by atoms with E-state index in [9.17, 15) is 0 Å². The first-order chi connectivity index (χ1) is 9.20. The lowest BCUT2D eigenvalue weighted by molar-refractivity contribution is 0.415. The summed E-state index contributed by atoms with van der Waals surface area (Å²) < 4.78 is 5.21. The Bertz CT molecular complexity index is 528. The summed E-state index contributed by atoms with van der Waals surface area (Å²) in [7, 11) is 1.62. The van der Waals surface area contributed by atoms with Crippen LogP contribution in [0.2, 0.25) is 5.02 Å². The lowest BCUT2D eigenvalue weighted by Gasteiger charge is -2.15. The summed E-state index contributed by atoms with van der Waals surface area (Å²) in [6.45, 7) is 3.07. The van der Waals surface area contributed by atoms with Gasteiger partial charge in [-0.1, -0.05) is 48.9 Å². The highest BCUT2D eigenvalue weighted by Gasteiger charge is 2.06. The minimum absolute atomic E-state index is 0.447. The molecule has 1 N–H and O–H groups in total. The second kappa shape index (κ2) is 6.48. The van der Waals surface area contributed by atoms with E-state index in [-0.39, 0.29) is 0 Å². The number of hydrogen-bond donors (Lipinski definition) is 1. The fraction of sp³-hybridized carbons (Fsp3) is 0.250. The molecule has 0 bridgehead atoms. The van der Waals surface area contributed by atoms with Crippen molar-refractivity contribution in [2.24, 2.45) is 0 Å². The molecule has 0 fully saturated rings. The normalized spacial score (nSPS) is 11.9. The number of methoxy groups -OCH3 is 1. The molecule has 0 aliphatic carbocycles. The topological polar surface area (TPSA) is 21.3 Å². The molecule has 3 heteroatoms. The molecular weight excluding hydrogens is 258 g/mol. The van der Waals surface area contributed by atoms with Crippen molar-refractivity contribution in [3.05, 3.63) is 59.1 Å². The summed E-state index contributed by atoms with van der Waals surface area (Å²) >= 11 is 6.00. The van der Waals surface area contributed by atoms with Crippen molar-refractivity contribution in [1.29, 1.82) is 0 Å². The van der Waals surface area contributed by atoms with Gasteiger partial charge in [0.15, 0.2) is 0 Å². The first-order valence-corrected chi connectivity index (χ1v) is 6.71. The highest BCUT2D eigenvalue weighted by molar-refractivity contribution is 6.32. The number of benzene rings is 2. The molecule has 1 atom stereocenters. The summed E-state index contributed by atoms with van der Waals surface area (Å²) in [5.41, 5.74) is 2.35. The molecule has 2 aromatic carbocycles. The van der Waals surface area contributed by atoms with Crippen LogP contribution in [0.25, 0.3) is 0 Å². The number of rotatable bonds is 5. The number of nitrogens with one attached hydrogen (secondary N) is 1. The molecule has 19 heavy (non-hydrogen) atoms. The average Bonchev–Trinajstić information content (AvgIpc) is 2.47. The molecule has 1 unspecified atom stereocenters. The van der Waals surface area contributed by atoms with Gasteiger partial charge in [-0.15, -0.1) is 0 Å². The summed E-state index contributed by atoms with van der Waals surface area (Å²) in [5, 5.41) is 4.04. The van der Waals surface area contributed by atoms with Crippen LogP contribution >= 0.6 is 11.6 Å². The Morgan fingerprint density at radius 2 is 1.89 bits per heavy atom. The van der Waals surface area contributed by atoms with E-state index in [1.807, 2.05) is 24.3 Å². The molecule has 0 saturated heterocycles. The van der Waals surface area contributed by atoms with Crippen LogP contribution in [0.3, 0.4) is 0 Å². The van der Waals surface area contributed by atoms with E-state index >= 15 is 0 Å².